The molecular weight excluding hydrogens is 386 g/mol. The highest BCUT2D eigenvalue weighted by Gasteiger charge is 2.35. The van der Waals surface area contributed by atoms with Gasteiger partial charge in [-0.2, -0.15) is 26.3 Å². The largest absolute Gasteiger partial charge is 0.418 e. The highest BCUT2D eigenvalue weighted by atomic mass is 35.5. The average Bonchev–Trinajstić information content (AvgIpc) is 2.53. The van der Waals surface area contributed by atoms with E-state index in [0.29, 0.717) is 6.07 Å². The Morgan fingerprint density at radius 1 is 0.885 bits per heavy atom. The lowest BCUT2D eigenvalue weighted by molar-refractivity contribution is -0.137. The summed E-state index contributed by atoms with van der Waals surface area (Å²) in [6.45, 7) is -0.660. The van der Waals surface area contributed by atoms with Crippen LogP contribution in [0.25, 0.3) is 0 Å². The molecule has 0 fully saturated rings. The Labute approximate surface area is 149 Å². The third-order valence-electron chi connectivity index (χ3n) is 3.23. The molecule has 2 aromatic rings. The zero-order valence-corrected chi connectivity index (χ0v) is 13.6. The Morgan fingerprint density at radius 3 is 2.12 bits per heavy atom. The molecule has 0 radical (unpaired) electrons. The molecule has 0 aromatic heterocycles. The molecule has 0 saturated carbocycles. The molecule has 2 N–H and O–H groups in total. The van der Waals surface area contributed by atoms with E-state index >= 15 is 0 Å². The predicted molar refractivity (Wildman–Crippen MR) is 85.0 cm³/mol. The zero-order valence-electron chi connectivity index (χ0n) is 12.8. The van der Waals surface area contributed by atoms with Crippen molar-refractivity contribution in [2.75, 3.05) is 17.2 Å². The van der Waals surface area contributed by atoms with E-state index in [0.717, 1.165) is 24.3 Å². The summed E-state index contributed by atoms with van der Waals surface area (Å²) in [5.41, 5.74) is -3.05. The summed E-state index contributed by atoms with van der Waals surface area (Å²) in [4.78, 5) is 11.9. The monoisotopic (exact) mass is 396 g/mol. The molecule has 0 unspecified atom stereocenters. The molecule has 0 spiro atoms. The molecule has 0 bridgehead atoms. The summed E-state index contributed by atoms with van der Waals surface area (Å²) in [6, 6.07) is 7.20. The first-order chi connectivity index (χ1) is 12.0. The maximum atomic E-state index is 13.0. The van der Waals surface area contributed by atoms with Gasteiger partial charge in [0.15, 0.2) is 0 Å². The van der Waals surface area contributed by atoms with E-state index in [1.807, 2.05) is 5.32 Å². The Kier molecular flexibility index (Phi) is 5.70. The highest BCUT2D eigenvalue weighted by molar-refractivity contribution is 6.30. The number of benzene rings is 2. The second-order valence-electron chi connectivity index (χ2n) is 5.13. The first-order valence-electron chi connectivity index (χ1n) is 7.05. The molecule has 0 saturated heterocycles. The van der Waals surface area contributed by atoms with Crippen LogP contribution in [0.2, 0.25) is 5.02 Å². The quantitative estimate of drug-likeness (QED) is 0.677. The predicted octanol–water partition coefficient (Wildman–Crippen LogP) is 5.43. The topological polar surface area (TPSA) is 41.1 Å². The van der Waals surface area contributed by atoms with Crippen molar-refractivity contribution in [2.24, 2.45) is 0 Å². The minimum Gasteiger partial charge on any atom is -0.376 e. The van der Waals surface area contributed by atoms with Gasteiger partial charge in [0, 0.05) is 10.7 Å². The molecule has 0 heterocycles. The number of halogens is 7. The van der Waals surface area contributed by atoms with E-state index in [4.69, 9.17) is 11.6 Å². The van der Waals surface area contributed by atoms with Crippen LogP contribution in [-0.2, 0) is 17.1 Å². The normalized spacial score (nSPS) is 12.0. The average molecular weight is 397 g/mol. The molecule has 2 aromatic carbocycles. The van der Waals surface area contributed by atoms with Gasteiger partial charge >= 0.3 is 12.4 Å². The number of rotatable bonds is 4. The van der Waals surface area contributed by atoms with Crippen molar-refractivity contribution in [2.45, 2.75) is 12.4 Å². The van der Waals surface area contributed by atoms with Gasteiger partial charge in [-0.1, -0.05) is 23.7 Å². The molecule has 140 valence electrons. The standard InChI is InChI=1S/C16H11ClF6N2O/c17-9-5-6-13(11(7-9)16(21,22)23)25-14(26)8-24-12-4-2-1-3-10(12)15(18,19)20/h1-7,24H,8H2,(H,25,26). The van der Waals surface area contributed by atoms with Gasteiger partial charge in [0.25, 0.3) is 0 Å². The van der Waals surface area contributed by atoms with Crippen LogP contribution in [0.4, 0.5) is 37.7 Å². The van der Waals surface area contributed by atoms with Gasteiger partial charge in [0.1, 0.15) is 0 Å². The second kappa shape index (κ2) is 7.45. The van der Waals surface area contributed by atoms with Crippen molar-refractivity contribution >= 4 is 28.9 Å². The van der Waals surface area contributed by atoms with Crippen LogP contribution in [0.3, 0.4) is 0 Å². The number of para-hydroxylation sites is 1. The van der Waals surface area contributed by atoms with Gasteiger partial charge in [0.2, 0.25) is 5.91 Å². The van der Waals surface area contributed by atoms with Crippen LogP contribution in [0.5, 0.6) is 0 Å². The molecule has 0 aliphatic heterocycles. The van der Waals surface area contributed by atoms with Crippen molar-refractivity contribution < 1.29 is 31.1 Å². The summed E-state index contributed by atoms with van der Waals surface area (Å²) in [5, 5.41) is 4.11. The van der Waals surface area contributed by atoms with Crippen molar-refractivity contribution in [3.63, 3.8) is 0 Å². The molecule has 0 aliphatic rings. The number of hydrogen-bond acceptors (Lipinski definition) is 2. The molecule has 0 aliphatic carbocycles. The fraction of sp³-hybridized carbons (Fsp3) is 0.188. The summed E-state index contributed by atoms with van der Waals surface area (Å²) in [6.07, 6.45) is -9.40. The smallest absolute Gasteiger partial charge is 0.376 e. The molecule has 10 heteroatoms. The van der Waals surface area contributed by atoms with Crippen molar-refractivity contribution in [1.82, 2.24) is 0 Å². The van der Waals surface area contributed by atoms with Gasteiger partial charge in [-0.15, -0.1) is 0 Å². The fourth-order valence-electron chi connectivity index (χ4n) is 2.11. The zero-order chi connectivity index (χ0) is 19.5. The maximum Gasteiger partial charge on any atom is 0.418 e. The van der Waals surface area contributed by atoms with Crippen LogP contribution in [0.15, 0.2) is 42.5 Å². The van der Waals surface area contributed by atoms with Gasteiger partial charge in [-0.25, -0.2) is 0 Å². The molecule has 1 amide bonds. The number of hydrogen-bond donors (Lipinski definition) is 2. The molecule has 26 heavy (non-hydrogen) atoms. The number of carbonyl (C=O) groups excluding carboxylic acids is 1. The van der Waals surface area contributed by atoms with E-state index in [1.54, 1.807) is 0 Å². The SMILES string of the molecule is O=C(CNc1ccccc1C(F)(F)F)Nc1ccc(Cl)cc1C(F)(F)F. The Balaban J connectivity index is 2.12. The van der Waals surface area contributed by atoms with Crippen molar-refractivity contribution in [3.8, 4) is 0 Å². The lowest BCUT2D eigenvalue weighted by atomic mass is 10.1. The number of anilines is 2. The highest BCUT2D eigenvalue weighted by Crippen LogP contribution is 2.37. The van der Waals surface area contributed by atoms with Crippen LogP contribution < -0.4 is 10.6 Å². The van der Waals surface area contributed by atoms with Crippen molar-refractivity contribution in [1.29, 1.82) is 0 Å². The third kappa shape index (κ3) is 5.04. The molecular formula is C16H11ClF6N2O. The molecule has 2 rings (SSSR count). The first-order valence-corrected chi connectivity index (χ1v) is 7.43. The Hall–Kier alpha value is -2.42. The molecule has 0 atom stereocenters. The first kappa shape index (κ1) is 19.9. The van der Waals surface area contributed by atoms with Crippen LogP contribution in [0, 0.1) is 0 Å². The third-order valence-corrected chi connectivity index (χ3v) is 3.47. The number of carbonyl (C=O) groups is 1. The maximum absolute atomic E-state index is 13.0. The second-order valence-corrected chi connectivity index (χ2v) is 5.57. The lowest BCUT2D eigenvalue weighted by Gasteiger charge is -2.16. The minimum atomic E-state index is -4.76. The fourth-order valence-corrected chi connectivity index (χ4v) is 2.29. The van der Waals surface area contributed by atoms with Gasteiger partial charge in [0.05, 0.1) is 23.4 Å². The number of amides is 1. The van der Waals surface area contributed by atoms with E-state index in [1.165, 1.54) is 12.1 Å². The van der Waals surface area contributed by atoms with E-state index < -0.39 is 41.6 Å². The summed E-state index contributed by atoms with van der Waals surface area (Å²) in [5.74, 6) is -0.949. The minimum absolute atomic E-state index is 0.174. The van der Waals surface area contributed by atoms with Crippen LogP contribution in [0.1, 0.15) is 11.1 Å². The Morgan fingerprint density at radius 2 is 1.50 bits per heavy atom. The number of nitrogens with one attached hydrogen (secondary N) is 2. The van der Waals surface area contributed by atoms with Gasteiger partial charge in [-0.05, 0) is 30.3 Å². The van der Waals surface area contributed by atoms with Crippen LogP contribution >= 0.6 is 11.6 Å². The van der Waals surface area contributed by atoms with Gasteiger partial charge in [-0.3, -0.25) is 4.79 Å². The van der Waals surface area contributed by atoms with Crippen LogP contribution in [-0.4, -0.2) is 12.5 Å². The van der Waals surface area contributed by atoms with Gasteiger partial charge < -0.3 is 10.6 Å². The molecule has 3 nitrogen and oxygen atoms in total. The van der Waals surface area contributed by atoms with E-state index in [2.05, 4.69) is 5.32 Å². The summed E-state index contributed by atoms with van der Waals surface area (Å²) >= 11 is 5.53. The number of alkyl halides is 6. The Bertz CT molecular complexity index is 804. The lowest BCUT2D eigenvalue weighted by Crippen LogP contribution is -2.24. The van der Waals surface area contributed by atoms with E-state index in [9.17, 15) is 31.1 Å². The van der Waals surface area contributed by atoms with Crippen molar-refractivity contribution in [3.05, 3.63) is 58.6 Å². The van der Waals surface area contributed by atoms with E-state index in [-0.39, 0.29) is 10.7 Å². The summed E-state index contributed by atoms with van der Waals surface area (Å²) < 4.78 is 77.5. The summed E-state index contributed by atoms with van der Waals surface area (Å²) in [7, 11) is 0.